The number of aromatic nitrogens is 2. The number of anilines is 1. The molecule has 0 radical (unpaired) electrons. The second-order valence-corrected chi connectivity index (χ2v) is 6.80. The molecule has 5 nitrogen and oxygen atoms in total. The van der Waals surface area contributed by atoms with Gasteiger partial charge in [0.15, 0.2) is 5.82 Å². The van der Waals surface area contributed by atoms with Gasteiger partial charge in [0.05, 0.1) is 36.4 Å². The van der Waals surface area contributed by atoms with Crippen LogP contribution in [-0.2, 0) is 4.74 Å². The van der Waals surface area contributed by atoms with E-state index in [1.165, 1.54) is 0 Å². The van der Waals surface area contributed by atoms with Crippen LogP contribution < -0.4 is 9.64 Å². The maximum Gasteiger partial charge on any atom is 0.165 e. The number of nitrogens with zero attached hydrogens (tertiary/aromatic N) is 3. The second-order valence-electron chi connectivity index (χ2n) is 5.95. The third-order valence-electron chi connectivity index (χ3n) is 4.36. The van der Waals surface area contributed by atoms with Crippen molar-refractivity contribution in [2.24, 2.45) is 0 Å². The molecule has 1 saturated heterocycles. The summed E-state index contributed by atoms with van der Waals surface area (Å²) in [6.07, 6.45) is 0. The Morgan fingerprint density at radius 2 is 1.85 bits per heavy atom. The highest BCUT2D eigenvalue weighted by Crippen LogP contribution is 2.36. The normalized spacial score (nSPS) is 14.7. The van der Waals surface area contributed by atoms with E-state index in [0.717, 1.165) is 29.9 Å². The summed E-state index contributed by atoms with van der Waals surface area (Å²) in [4.78, 5) is 11.7. The smallest absolute Gasteiger partial charge is 0.165 e. The average Bonchev–Trinajstić information content (AvgIpc) is 2.68. The van der Waals surface area contributed by atoms with Crippen molar-refractivity contribution in [2.45, 2.75) is 0 Å². The predicted octanol–water partition coefficient (Wildman–Crippen LogP) is 4.45. The minimum Gasteiger partial charge on any atom is -0.496 e. The van der Waals surface area contributed by atoms with E-state index in [9.17, 15) is 0 Å². The SMILES string of the molecule is COc1ccccc1-c1nc(N2CCOCC2)c2cc(Cl)cc(Cl)c2n1. The third-order valence-corrected chi connectivity index (χ3v) is 4.86. The highest BCUT2D eigenvalue weighted by atomic mass is 35.5. The summed E-state index contributed by atoms with van der Waals surface area (Å²) in [6, 6.07) is 11.2. The van der Waals surface area contributed by atoms with Crippen molar-refractivity contribution < 1.29 is 9.47 Å². The van der Waals surface area contributed by atoms with Crippen LogP contribution in [0.2, 0.25) is 10.0 Å². The quantitative estimate of drug-likeness (QED) is 0.662. The monoisotopic (exact) mass is 389 g/mol. The minimum absolute atomic E-state index is 0.501. The van der Waals surface area contributed by atoms with Gasteiger partial charge < -0.3 is 14.4 Å². The van der Waals surface area contributed by atoms with Gasteiger partial charge in [-0.2, -0.15) is 0 Å². The summed E-state index contributed by atoms with van der Waals surface area (Å²) in [7, 11) is 1.63. The number of ether oxygens (including phenoxy) is 2. The molecular weight excluding hydrogens is 373 g/mol. The van der Waals surface area contributed by atoms with Gasteiger partial charge in [0.1, 0.15) is 11.6 Å². The molecule has 2 heterocycles. The van der Waals surface area contributed by atoms with Crippen molar-refractivity contribution in [1.82, 2.24) is 9.97 Å². The van der Waals surface area contributed by atoms with Crippen LogP contribution in [-0.4, -0.2) is 43.4 Å². The van der Waals surface area contributed by atoms with Crippen molar-refractivity contribution in [1.29, 1.82) is 0 Å². The number of hydrogen-bond acceptors (Lipinski definition) is 5. The van der Waals surface area contributed by atoms with Crippen LogP contribution in [0.25, 0.3) is 22.3 Å². The van der Waals surface area contributed by atoms with Crippen molar-refractivity contribution in [3.8, 4) is 17.1 Å². The third kappa shape index (κ3) is 3.18. The molecular formula is C19H17Cl2N3O2. The molecule has 1 fully saturated rings. The summed E-state index contributed by atoms with van der Waals surface area (Å²) in [5.74, 6) is 2.09. The zero-order chi connectivity index (χ0) is 18.1. The highest BCUT2D eigenvalue weighted by molar-refractivity contribution is 6.38. The Labute approximate surface area is 161 Å². The molecule has 26 heavy (non-hydrogen) atoms. The first-order chi connectivity index (χ1) is 12.7. The van der Waals surface area contributed by atoms with Gasteiger partial charge in [0.2, 0.25) is 0 Å². The topological polar surface area (TPSA) is 47.5 Å². The molecule has 0 unspecified atom stereocenters. The van der Waals surface area contributed by atoms with Gasteiger partial charge in [0.25, 0.3) is 0 Å². The minimum atomic E-state index is 0.501. The molecule has 1 aliphatic heterocycles. The van der Waals surface area contributed by atoms with E-state index in [4.69, 9.17) is 42.6 Å². The first-order valence-corrected chi connectivity index (χ1v) is 9.06. The lowest BCUT2D eigenvalue weighted by Crippen LogP contribution is -2.37. The fourth-order valence-corrected chi connectivity index (χ4v) is 3.64. The van der Waals surface area contributed by atoms with E-state index >= 15 is 0 Å². The number of rotatable bonds is 3. The summed E-state index contributed by atoms with van der Waals surface area (Å²) in [5, 5.41) is 1.90. The lowest BCUT2D eigenvalue weighted by Gasteiger charge is -2.29. The van der Waals surface area contributed by atoms with Crippen molar-refractivity contribution in [3.63, 3.8) is 0 Å². The molecule has 0 bridgehead atoms. The Balaban J connectivity index is 1.97. The number of fused-ring (bicyclic) bond motifs is 1. The Morgan fingerprint density at radius 3 is 2.62 bits per heavy atom. The average molecular weight is 390 g/mol. The fraction of sp³-hybridized carbons (Fsp3) is 0.263. The van der Waals surface area contributed by atoms with Crippen LogP contribution in [0.1, 0.15) is 0 Å². The first-order valence-electron chi connectivity index (χ1n) is 8.30. The highest BCUT2D eigenvalue weighted by Gasteiger charge is 2.20. The fourth-order valence-electron chi connectivity index (χ4n) is 3.11. The van der Waals surface area contributed by atoms with E-state index in [1.807, 2.05) is 30.3 Å². The molecule has 4 rings (SSSR count). The molecule has 1 aliphatic rings. The number of halogens is 2. The largest absolute Gasteiger partial charge is 0.496 e. The van der Waals surface area contributed by atoms with Crippen LogP contribution in [0.15, 0.2) is 36.4 Å². The van der Waals surface area contributed by atoms with Crippen LogP contribution in [0.4, 0.5) is 5.82 Å². The lowest BCUT2D eigenvalue weighted by molar-refractivity contribution is 0.122. The van der Waals surface area contributed by atoms with Crippen LogP contribution >= 0.6 is 23.2 Å². The Hall–Kier alpha value is -2.08. The lowest BCUT2D eigenvalue weighted by atomic mass is 10.1. The number of methoxy groups -OCH3 is 1. The van der Waals surface area contributed by atoms with Crippen LogP contribution in [0, 0.1) is 0 Å². The van der Waals surface area contributed by atoms with Gasteiger partial charge in [-0.15, -0.1) is 0 Å². The summed E-state index contributed by atoms with van der Waals surface area (Å²) >= 11 is 12.7. The molecule has 0 saturated carbocycles. The molecule has 7 heteroatoms. The first kappa shape index (κ1) is 17.3. The summed E-state index contributed by atoms with van der Waals surface area (Å²) < 4.78 is 11.0. The Morgan fingerprint density at radius 1 is 1.08 bits per heavy atom. The van der Waals surface area contributed by atoms with Gasteiger partial charge in [0, 0.05) is 23.5 Å². The molecule has 0 atom stereocenters. The Kier molecular flexibility index (Phi) is 4.85. The number of hydrogen-bond donors (Lipinski definition) is 0. The van der Waals surface area contributed by atoms with Crippen molar-refractivity contribution in [3.05, 3.63) is 46.4 Å². The number of para-hydroxylation sites is 1. The van der Waals surface area contributed by atoms with Gasteiger partial charge in [-0.1, -0.05) is 35.3 Å². The molecule has 0 N–H and O–H groups in total. The molecule has 0 spiro atoms. The molecule has 3 aromatic rings. The Bertz CT molecular complexity index is 959. The maximum absolute atomic E-state index is 6.46. The van der Waals surface area contributed by atoms with E-state index in [1.54, 1.807) is 13.2 Å². The molecule has 0 aliphatic carbocycles. The molecule has 1 aromatic heterocycles. The van der Waals surface area contributed by atoms with Gasteiger partial charge in [-0.05, 0) is 24.3 Å². The molecule has 134 valence electrons. The summed E-state index contributed by atoms with van der Waals surface area (Å²) in [5.41, 5.74) is 1.49. The molecule has 2 aromatic carbocycles. The summed E-state index contributed by atoms with van der Waals surface area (Å²) in [6.45, 7) is 2.82. The molecule has 0 amide bonds. The standard InChI is InChI=1S/C19H17Cl2N3O2/c1-25-16-5-3-2-4-13(16)18-22-17-14(10-12(20)11-15(17)21)19(23-18)24-6-8-26-9-7-24/h2-5,10-11H,6-9H2,1H3. The maximum atomic E-state index is 6.46. The van der Waals surface area contributed by atoms with E-state index in [2.05, 4.69) is 4.90 Å². The van der Waals surface area contributed by atoms with E-state index < -0.39 is 0 Å². The number of benzene rings is 2. The van der Waals surface area contributed by atoms with E-state index in [0.29, 0.717) is 40.3 Å². The van der Waals surface area contributed by atoms with Crippen molar-refractivity contribution in [2.75, 3.05) is 38.3 Å². The van der Waals surface area contributed by atoms with E-state index in [-0.39, 0.29) is 0 Å². The predicted molar refractivity (Wildman–Crippen MR) is 105 cm³/mol. The van der Waals surface area contributed by atoms with Crippen molar-refractivity contribution >= 4 is 39.9 Å². The zero-order valence-electron chi connectivity index (χ0n) is 14.2. The van der Waals surface area contributed by atoms with Crippen LogP contribution in [0.3, 0.4) is 0 Å². The number of morpholine rings is 1. The van der Waals surface area contributed by atoms with Crippen LogP contribution in [0.5, 0.6) is 5.75 Å². The second kappa shape index (κ2) is 7.27. The zero-order valence-corrected chi connectivity index (χ0v) is 15.7. The van der Waals surface area contributed by atoms with Gasteiger partial charge in [-0.3, -0.25) is 0 Å². The van der Waals surface area contributed by atoms with Gasteiger partial charge >= 0.3 is 0 Å². The van der Waals surface area contributed by atoms with Gasteiger partial charge in [-0.25, -0.2) is 9.97 Å².